The smallest absolute Gasteiger partial charge is 0.166 e. The van der Waals surface area contributed by atoms with Crippen LogP contribution in [0.1, 0.15) is 43.5 Å². The lowest BCUT2D eigenvalue weighted by Gasteiger charge is -2.02. The molecule has 2 nitrogen and oxygen atoms in total. The van der Waals surface area contributed by atoms with Crippen molar-refractivity contribution >= 4 is 5.78 Å². The molecule has 0 aliphatic rings. The second kappa shape index (κ2) is 6.11. The summed E-state index contributed by atoms with van der Waals surface area (Å²) in [7, 11) is 0. The van der Waals surface area contributed by atoms with E-state index >= 15 is 0 Å². The number of hydrogen-bond acceptors (Lipinski definition) is 2. The summed E-state index contributed by atoms with van der Waals surface area (Å²) in [6.07, 6.45) is 4.36. The molecule has 1 rings (SSSR count). The van der Waals surface area contributed by atoms with E-state index in [-0.39, 0.29) is 11.5 Å². The Balaban J connectivity index is 2.48. The van der Waals surface area contributed by atoms with Crippen LogP contribution in [0, 0.1) is 0 Å². The molecule has 16 heavy (non-hydrogen) atoms. The lowest BCUT2D eigenvalue weighted by molar-refractivity contribution is 0.0978. The number of aromatic hydroxyl groups is 1. The number of rotatable bonds is 5. The Morgan fingerprint density at radius 1 is 1.31 bits per heavy atom. The summed E-state index contributed by atoms with van der Waals surface area (Å²) in [5.74, 6) is 0.0926. The number of ketones is 1. The molecule has 0 saturated carbocycles. The first kappa shape index (κ1) is 12.5. The van der Waals surface area contributed by atoms with E-state index < -0.39 is 0 Å². The van der Waals surface area contributed by atoms with Crippen molar-refractivity contribution in [1.29, 1.82) is 0 Å². The van der Waals surface area contributed by atoms with Crippen molar-refractivity contribution in [2.45, 2.75) is 33.1 Å². The van der Waals surface area contributed by atoms with Gasteiger partial charge in [0.25, 0.3) is 0 Å². The number of allylic oxidation sites excluding steroid dienone is 2. The molecular formula is C14H18O2. The summed E-state index contributed by atoms with van der Waals surface area (Å²) in [6, 6.07) is 6.69. The van der Waals surface area contributed by atoms with E-state index in [0.717, 1.165) is 12.8 Å². The lowest BCUT2D eigenvalue weighted by Crippen LogP contribution is -1.98. The molecule has 2 heteroatoms. The fourth-order valence-electron chi connectivity index (χ4n) is 1.50. The normalized spacial score (nSPS) is 9.88. The average molecular weight is 218 g/mol. The van der Waals surface area contributed by atoms with E-state index in [1.54, 1.807) is 24.3 Å². The monoisotopic (exact) mass is 218 g/mol. The van der Waals surface area contributed by atoms with Crippen molar-refractivity contribution in [1.82, 2.24) is 0 Å². The molecule has 1 aromatic carbocycles. The summed E-state index contributed by atoms with van der Waals surface area (Å²) in [5, 5.41) is 9.49. The van der Waals surface area contributed by atoms with Crippen molar-refractivity contribution in [3.05, 3.63) is 41.5 Å². The molecule has 0 bridgehead atoms. The first-order valence-corrected chi connectivity index (χ1v) is 5.56. The predicted octanol–water partition coefficient (Wildman–Crippen LogP) is 3.71. The third-order valence-electron chi connectivity index (χ3n) is 2.37. The van der Waals surface area contributed by atoms with Gasteiger partial charge in [0.15, 0.2) is 5.78 Å². The Bertz CT molecular complexity index is 387. The second-order valence-electron chi connectivity index (χ2n) is 4.11. The number of benzene rings is 1. The molecule has 0 aromatic heterocycles. The van der Waals surface area contributed by atoms with Crippen molar-refractivity contribution in [2.24, 2.45) is 0 Å². The van der Waals surface area contributed by atoms with Crippen LogP contribution < -0.4 is 0 Å². The number of phenols is 1. The minimum Gasteiger partial charge on any atom is -0.507 e. The van der Waals surface area contributed by atoms with Gasteiger partial charge in [-0.1, -0.05) is 23.8 Å². The Morgan fingerprint density at radius 2 is 2.00 bits per heavy atom. The van der Waals surface area contributed by atoms with Crippen LogP contribution in [0.2, 0.25) is 0 Å². The van der Waals surface area contributed by atoms with E-state index in [9.17, 15) is 9.90 Å². The number of phenolic OH excluding ortho intramolecular Hbond substituents is 1. The minimum atomic E-state index is 0.0141. The first-order valence-electron chi connectivity index (χ1n) is 5.56. The molecule has 0 aliphatic heterocycles. The van der Waals surface area contributed by atoms with Crippen LogP contribution >= 0.6 is 0 Å². The van der Waals surface area contributed by atoms with E-state index in [2.05, 4.69) is 6.08 Å². The molecule has 0 aliphatic carbocycles. The fourth-order valence-corrected chi connectivity index (χ4v) is 1.50. The van der Waals surface area contributed by atoms with Gasteiger partial charge < -0.3 is 5.11 Å². The summed E-state index contributed by atoms with van der Waals surface area (Å²) in [4.78, 5) is 11.7. The number of carbonyl (C=O) groups is 1. The third kappa shape index (κ3) is 3.89. The quantitative estimate of drug-likeness (QED) is 0.464. The Morgan fingerprint density at radius 3 is 2.62 bits per heavy atom. The summed E-state index contributed by atoms with van der Waals surface area (Å²) < 4.78 is 0. The van der Waals surface area contributed by atoms with E-state index in [0.29, 0.717) is 12.0 Å². The SMILES string of the molecule is CC(C)=CCCCC(=O)c1ccccc1O. The minimum absolute atomic E-state index is 0.0141. The molecule has 0 unspecified atom stereocenters. The van der Waals surface area contributed by atoms with Crippen LogP contribution in [0.3, 0.4) is 0 Å². The van der Waals surface area contributed by atoms with Gasteiger partial charge in [-0.15, -0.1) is 0 Å². The van der Waals surface area contributed by atoms with Gasteiger partial charge in [0.05, 0.1) is 5.56 Å². The Hall–Kier alpha value is -1.57. The molecule has 0 radical (unpaired) electrons. The molecule has 0 spiro atoms. The van der Waals surface area contributed by atoms with Gasteiger partial charge in [0.2, 0.25) is 0 Å². The van der Waals surface area contributed by atoms with Gasteiger partial charge in [-0.3, -0.25) is 4.79 Å². The highest BCUT2D eigenvalue weighted by atomic mass is 16.3. The van der Waals surface area contributed by atoms with Gasteiger partial charge in [0, 0.05) is 6.42 Å². The second-order valence-corrected chi connectivity index (χ2v) is 4.11. The molecule has 1 N–H and O–H groups in total. The van der Waals surface area contributed by atoms with Crippen molar-refractivity contribution in [3.63, 3.8) is 0 Å². The molecule has 0 heterocycles. The standard InChI is InChI=1S/C14H18O2/c1-11(2)7-3-5-9-13(15)12-8-4-6-10-14(12)16/h4,6-8,10,16H,3,5,9H2,1-2H3. The van der Waals surface area contributed by atoms with Crippen molar-refractivity contribution in [3.8, 4) is 5.75 Å². The molecule has 86 valence electrons. The van der Waals surface area contributed by atoms with Gasteiger partial charge in [-0.05, 0) is 38.8 Å². The number of para-hydroxylation sites is 1. The molecule has 0 fully saturated rings. The zero-order valence-electron chi connectivity index (χ0n) is 9.86. The van der Waals surface area contributed by atoms with Crippen LogP contribution in [0.25, 0.3) is 0 Å². The van der Waals surface area contributed by atoms with E-state index in [4.69, 9.17) is 0 Å². The van der Waals surface area contributed by atoms with Gasteiger partial charge >= 0.3 is 0 Å². The Kier molecular flexibility index (Phi) is 4.77. The topological polar surface area (TPSA) is 37.3 Å². The molecular weight excluding hydrogens is 200 g/mol. The fraction of sp³-hybridized carbons (Fsp3) is 0.357. The number of hydrogen-bond donors (Lipinski definition) is 1. The maximum absolute atomic E-state index is 11.7. The summed E-state index contributed by atoms with van der Waals surface area (Å²) >= 11 is 0. The molecule has 1 aromatic rings. The number of carbonyl (C=O) groups excluding carboxylic acids is 1. The highest BCUT2D eigenvalue weighted by molar-refractivity contribution is 5.98. The maximum atomic E-state index is 11.7. The number of Topliss-reactive ketones (excluding diaryl/α,β-unsaturated/α-hetero) is 1. The molecule has 0 atom stereocenters. The predicted molar refractivity (Wildman–Crippen MR) is 65.7 cm³/mol. The van der Waals surface area contributed by atoms with E-state index in [1.165, 1.54) is 5.57 Å². The zero-order chi connectivity index (χ0) is 12.0. The molecule has 0 saturated heterocycles. The van der Waals surface area contributed by atoms with Crippen LogP contribution in [0.4, 0.5) is 0 Å². The van der Waals surface area contributed by atoms with E-state index in [1.807, 2.05) is 13.8 Å². The van der Waals surface area contributed by atoms with Gasteiger partial charge in [0.1, 0.15) is 5.75 Å². The molecule has 0 amide bonds. The lowest BCUT2D eigenvalue weighted by atomic mass is 10.0. The highest BCUT2D eigenvalue weighted by Gasteiger charge is 2.08. The largest absolute Gasteiger partial charge is 0.507 e. The van der Waals surface area contributed by atoms with Crippen molar-refractivity contribution in [2.75, 3.05) is 0 Å². The van der Waals surface area contributed by atoms with Gasteiger partial charge in [-0.25, -0.2) is 0 Å². The van der Waals surface area contributed by atoms with Crippen LogP contribution in [0.15, 0.2) is 35.9 Å². The van der Waals surface area contributed by atoms with Gasteiger partial charge in [-0.2, -0.15) is 0 Å². The first-order chi connectivity index (χ1) is 7.61. The summed E-state index contributed by atoms with van der Waals surface area (Å²) in [5.41, 5.74) is 1.70. The zero-order valence-corrected chi connectivity index (χ0v) is 9.86. The van der Waals surface area contributed by atoms with Crippen LogP contribution in [-0.2, 0) is 0 Å². The third-order valence-corrected chi connectivity index (χ3v) is 2.37. The average Bonchev–Trinajstić information content (AvgIpc) is 2.24. The van der Waals surface area contributed by atoms with Crippen LogP contribution in [-0.4, -0.2) is 10.9 Å². The Labute approximate surface area is 96.6 Å². The van der Waals surface area contributed by atoms with Crippen LogP contribution in [0.5, 0.6) is 5.75 Å². The van der Waals surface area contributed by atoms with Crippen molar-refractivity contribution < 1.29 is 9.90 Å². The maximum Gasteiger partial charge on any atom is 0.166 e. The number of unbranched alkanes of at least 4 members (excludes halogenated alkanes) is 1. The summed E-state index contributed by atoms with van der Waals surface area (Å²) in [6.45, 7) is 4.09. The highest BCUT2D eigenvalue weighted by Crippen LogP contribution is 2.18.